The molecule has 14 heteroatoms. The van der Waals surface area contributed by atoms with Gasteiger partial charge in [-0.2, -0.15) is 4.57 Å². The number of phenolic OH excluding ortho intramolecular Hbond substituents is 9. The number of unbranched alkanes of at least 4 members (excludes halogenated alkanes) is 6. The maximum Gasteiger partial charge on any atom is 0.647 e. The highest BCUT2D eigenvalue weighted by Gasteiger charge is 2.44. The van der Waals surface area contributed by atoms with Crippen molar-refractivity contribution in [3.63, 3.8) is 0 Å². The van der Waals surface area contributed by atoms with Gasteiger partial charge in [0.1, 0.15) is 34.5 Å². The monoisotopic (exact) mass is 1180 g/mol. The van der Waals surface area contributed by atoms with Gasteiger partial charge >= 0.3 is 7.82 Å². The van der Waals surface area contributed by atoms with E-state index in [0.29, 0.717) is 126 Å². The van der Waals surface area contributed by atoms with Gasteiger partial charge in [-0.3, -0.25) is 0 Å². The van der Waals surface area contributed by atoms with E-state index in [4.69, 9.17) is 13.6 Å². The van der Waals surface area contributed by atoms with Crippen LogP contribution in [0.3, 0.4) is 0 Å². The van der Waals surface area contributed by atoms with Crippen LogP contribution >= 0.6 is 7.82 Å². The maximum atomic E-state index is 17.6. The highest BCUT2D eigenvalue weighted by Crippen LogP contribution is 2.66. The second-order valence-corrected chi connectivity index (χ2v) is 23.9. The largest absolute Gasteiger partial charge is 0.647 e. The Balaban J connectivity index is 1.48. The molecule has 0 aliphatic heterocycles. The standard InChI is InChI=1S/C72H81O13P/c1-7-13-28-49-52(31-16-10-4)67(79)70(61(64(49)76)58-46-34-22-19-25-43(46)37-40-55(58)73)83-86(82,84-71-62(59-47-35-23-20-26-44(47)38-41-56(59)74)65(77)50(29-14-8-2)53(68(71)80)32-17-11-5)85-72-63(60-48-36-24-21-27-45(48)39-42-57(60)75)66(78)51(30-15-9-3)54(69(72)81)33-18-12-6/h19-27,34-42,73-81H,7-18,28-33H2,1-6H3. The van der Waals surface area contributed by atoms with E-state index < -0.39 is 59.6 Å². The van der Waals surface area contributed by atoms with Crippen LogP contribution in [0.15, 0.2) is 109 Å². The molecule has 0 aliphatic rings. The SMILES string of the molecule is CCCCc1c(O)c(OP(=O)(Oc2c(O)c(CCCC)c(CCCC)c(O)c2-c2c(O)ccc3ccccc23)Oc2c(O)c(CCCC)c(CCCC)c(O)c2-c2c(O)ccc3ccccc23)c(-c2c(O)ccc3ccccc23)c(O)c1CCCC. The molecule has 0 spiro atoms. The number of hydrogen-bond donors (Lipinski definition) is 9. The molecule has 0 amide bonds. The van der Waals surface area contributed by atoms with Crippen LogP contribution < -0.4 is 13.6 Å². The fourth-order valence-electron chi connectivity index (χ4n) is 12.1. The third-order valence-electron chi connectivity index (χ3n) is 16.6. The van der Waals surface area contributed by atoms with Crippen LogP contribution in [-0.4, -0.2) is 46.0 Å². The summed E-state index contributed by atoms with van der Waals surface area (Å²) in [7, 11) is -6.00. The smallest absolute Gasteiger partial charge is 0.507 e. The molecule has 0 atom stereocenters. The van der Waals surface area contributed by atoms with Crippen molar-refractivity contribution < 1.29 is 64.1 Å². The molecule has 0 fully saturated rings. The van der Waals surface area contributed by atoms with Crippen molar-refractivity contribution in [1.82, 2.24) is 0 Å². The highest BCUT2D eigenvalue weighted by atomic mass is 31.2. The van der Waals surface area contributed by atoms with E-state index in [1.807, 2.05) is 41.5 Å². The third-order valence-corrected chi connectivity index (χ3v) is 17.8. The van der Waals surface area contributed by atoms with Crippen LogP contribution in [0.2, 0.25) is 0 Å². The molecule has 9 aromatic carbocycles. The molecule has 0 saturated carbocycles. The number of fused-ring (bicyclic) bond motifs is 3. The second kappa shape index (κ2) is 27.3. The molecule has 0 aliphatic carbocycles. The summed E-state index contributed by atoms with van der Waals surface area (Å²) in [6.07, 6.45) is 8.94. The minimum Gasteiger partial charge on any atom is -0.507 e. The number of phosphoric acid groups is 1. The Morgan fingerprint density at radius 3 is 0.744 bits per heavy atom. The van der Waals surface area contributed by atoms with Gasteiger partial charge in [-0.15, -0.1) is 0 Å². The van der Waals surface area contributed by atoms with Crippen molar-refractivity contribution in [2.45, 2.75) is 157 Å². The molecule has 0 unspecified atom stereocenters. The Hall–Kier alpha value is -8.41. The molecule has 0 bridgehead atoms. The quantitative estimate of drug-likeness (QED) is 0.0173. The van der Waals surface area contributed by atoms with E-state index >= 15 is 4.57 Å². The Kier molecular flexibility index (Phi) is 19.7. The van der Waals surface area contributed by atoms with Crippen LogP contribution in [0, 0.1) is 0 Å². The second-order valence-electron chi connectivity index (χ2n) is 22.5. The van der Waals surface area contributed by atoms with Crippen LogP contribution in [0.25, 0.3) is 65.7 Å². The lowest BCUT2D eigenvalue weighted by molar-refractivity contribution is 0.280. The maximum absolute atomic E-state index is 17.6. The number of aromatic hydroxyl groups is 9. The number of hydrogen-bond acceptors (Lipinski definition) is 13. The van der Waals surface area contributed by atoms with E-state index in [0.717, 1.165) is 0 Å². The first-order valence-corrected chi connectivity index (χ1v) is 32.1. The first-order chi connectivity index (χ1) is 41.6. The van der Waals surface area contributed by atoms with Crippen molar-refractivity contribution in [2.75, 3.05) is 0 Å². The summed E-state index contributed by atoms with van der Waals surface area (Å²) in [5.74, 6) is -5.97. The fourth-order valence-corrected chi connectivity index (χ4v) is 13.4. The lowest BCUT2D eigenvalue weighted by Gasteiger charge is -2.29. The number of rotatable bonds is 27. The summed E-state index contributed by atoms with van der Waals surface area (Å²) < 4.78 is 38.4. The average molecular weight is 1190 g/mol. The molecule has 9 N–H and O–H groups in total. The zero-order valence-corrected chi connectivity index (χ0v) is 51.1. The summed E-state index contributed by atoms with van der Waals surface area (Å²) in [6.45, 7) is 11.9. The van der Waals surface area contributed by atoms with Crippen LogP contribution in [0.4, 0.5) is 0 Å². The lowest BCUT2D eigenvalue weighted by Crippen LogP contribution is -2.13. The predicted molar refractivity (Wildman–Crippen MR) is 344 cm³/mol. The Morgan fingerprint density at radius 1 is 0.291 bits per heavy atom. The molecule has 9 rings (SSSR count). The van der Waals surface area contributed by atoms with Gasteiger partial charge in [0.2, 0.25) is 0 Å². The summed E-state index contributed by atoms with van der Waals surface area (Å²) in [5, 5.41) is 118. The Bertz CT molecular complexity index is 3590. The normalized spacial score (nSPS) is 11.7. The van der Waals surface area contributed by atoms with Crippen molar-refractivity contribution >= 4 is 40.1 Å². The molecule has 86 heavy (non-hydrogen) atoms. The van der Waals surface area contributed by atoms with Gasteiger partial charge in [-0.25, -0.2) is 0 Å². The van der Waals surface area contributed by atoms with Gasteiger partial charge in [0.05, 0.1) is 16.7 Å². The Labute approximate surface area is 504 Å². The number of benzene rings is 9. The molecule has 0 heterocycles. The molecule has 0 radical (unpaired) electrons. The van der Waals surface area contributed by atoms with Gasteiger partial charge in [-0.1, -0.05) is 171 Å². The fraction of sp³-hybridized carbons (Fsp3) is 0.333. The van der Waals surface area contributed by atoms with E-state index in [9.17, 15) is 46.0 Å². The van der Waals surface area contributed by atoms with Crippen LogP contribution in [-0.2, 0) is 43.1 Å². The number of phosphoric ester groups is 1. The van der Waals surface area contributed by atoms with Crippen molar-refractivity contribution in [1.29, 1.82) is 0 Å². The summed E-state index contributed by atoms with van der Waals surface area (Å²) in [6, 6.07) is 30.6. The van der Waals surface area contributed by atoms with Crippen LogP contribution in [0.5, 0.6) is 69.0 Å². The van der Waals surface area contributed by atoms with Crippen molar-refractivity contribution in [2.24, 2.45) is 0 Å². The minimum atomic E-state index is -6.00. The van der Waals surface area contributed by atoms with Gasteiger partial charge in [-0.05, 0) is 128 Å². The first-order valence-electron chi connectivity index (χ1n) is 30.7. The third kappa shape index (κ3) is 12.1. The highest BCUT2D eigenvalue weighted by molar-refractivity contribution is 7.49. The lowest BCUT2D eigenvalue weighted by atomic mass is 9.88. The zero-order chi connectivity index (χ0) is 61.4. The van der Waals surface area contributed by atoms with E-state index in [1.165, 1.54) is 18.2 Å². The first kappa shape index (κ1) is 62.1. The van der Waals surface area contributed by atoms with E-state index in [1.54, 1.807) is 91.0 Å². The Morgan fingerprint density at radius 2 is 0.512 bits per heavy atom. The summed E-state index contributed by atoms with van der Waals surface area (Å²) >= 11 is 0. The molecule has 13 nitrogen and oxygen atoms in total. The minimum absolute atomic E-state index is 0.00906. The molecule has 452 valence electrons. The van der Waals surface area contributed by atoms with Gasteiger partial charge < -0.3 is 59.5 Å². The molecule has 0 saturated heterocycles. The van der Waals surface area contributed by atoms with Crippen LogP contribution in [0.1, 0.15) is 152 Å². The molecule has 0 aromatic heterocycles. The molecular formula is C72H81O13P. The zero-order valence-electron chi connectivity index (χ0n) is 50.2. The average Bonchev–Trinajstić information content (AvgIpc) is 0.930. The van der Waals surface area contributed by atoms with E-state index in [2.05, 4.69) is 0 Å². The predicted octanol–water partition coefficient (Wildman–Crippen LogP) is 19.2. The van der Waals surface area contributed by atoms with Gasteiger partial charge in [0, 0.05) is 50.1 Å². The topological polar surface area (TPSA) is 227 Å². The molecule has 9 aromatic rings. The van der Waals surface area contributed by atoms with Crippen molar-refractivity contribution in [3.8, 4) is 102 Å². The van der Waals surface area contributed by atoms with Gasteiger partial charge in [0.25, 0.3) is 0 Å². The summed E-state index contributed by atoms with van der Waals surface area (Å²) in [5.41, 5.74) is 0.986. The number of phenols is 9. The van der Waals surface area contributed by atoms with Crippen molar-refractivity contribution in [3.05, 3.63) is 143 Å². The summed E-state index contributed by atoms with van der Waals surface area (Å²) in [4.78, 5) is 0. The van der Waals surface area contributed by atoms with Gasteiger partial charge in [0.15, 0.2) is 34.5 Å². The van der Waals surface area contributed by atoms with E-state index in [-0.39, 0.29) is 106 Å². The molecular weight excluding hydrogens is 1100 g/mol.